The molecule has 0 unspecified atom stereocenters. The average Bonchev–Trinajstić information content (AvgIpc) is 2.82. The number of carbonyl (C=O) groups excluding carboxylic acids is 1. The molecule has 0 spiro atoms. The van der Waals surface area contributed by atoms with Gasteiger partial charge in [0.2, 0.25) is 5.91 Å². The number of aliphatic hydroxyl groups excluding tert-OH is 2. The van der Waals surface area contributed by atoms with E-state index in [0.717, 1.165) is 23.1 Å². The van der Waals surface area contributed by atoms with Gasteiger partial charge in [0.05, 0.1) is 25.9 Å². The Kier molecular flexibility index (Phi) is 8.97. The zero-order chi connectivity index (χ0) is 23.6. The summed E-state index contributed by atoms with van der Waals surface area (Å²) in [6.07, 6.45) is 0.0577. The molecule has 0 saturated heterocycles. The van der Waals surface area contributed by atoms with E-state index < -0.39 is 12.0 Å². The zero-order valence-corrected chi connectivity index (χ0v) is 18.4. The predicted molar refractivity (Wildman–Crippen MR) is 125 cm³/mol. The molecule has 0 fully saturated rings. The van der Waals surface area contributed by atoms with E-state index in [0.29, 0.717) is 43.0 Å². The van der Waals surface area contributed by atoms with Gasteiger partial charge in [0.15, 0.2) is 0 Å². The van der Waals surface area contributed by atoms with Gasteiger partial charge in [-0.2, -0.15) is 0 Å². The highest BCUT2D eigenvalue weighted by Gasteiger charge is 2.10. The molecule has 0 aliphatic rings. The van der Waals surface area contributed by atoms with Gasteiger partial charge in [0.1, 0.15) is 5.75 Å². The van der Waals surface area contributed by atoms with E-state index in [-0.39, 0.29) is 12.4 Å². The summed E-state index contributed by atoms with van der Waals surface area (Å²) in [5, 5.41) is 32.5. The first-order valence-corrected chi connectivity index (χ1v) is 10.8. The van der Waals surface area contributed by atoms with E-state index in [4.69, 9.17) is 10.5 Å². The van der Waals surface area contributed by atoms with Gasteiger partial charge < -0.3 is 31.1 Å². The van der Waals surface area contributed by atoms with Crippen LogP contribution in [0.5, 0.6) is 5.75 Å². The predicted octanol–water partition coefficient (Wildman–Crippen LogP) is 2.57. The number of ether oxygens (including phenoxy) is 1. The molecule has 6 N–H and O–H groups in total. The summed E-state index contributed by atoms with van der Waals surface area (Å²) in [6.45, 7) is 1.61. The maximum atomic E-state index is 11.3. The molecule has 174 valence electrons. The number of aromatic hydroxyl groups is 1. The molecule has 3 aromatic carbocycles. The molecule has 0 heterocycles. The van der Waals surface area contributed by atoms with E-state index in [1.54, 1.807) is 30.3 Å². The Balaban J connectivity index is 1.42. The number of hydrogen-bond donors (Lipinski definition) is 5. The number of rotatable bonds is 12. The second kappa shape index (κ2) is 12.1. The van der Waals surface area contributed by atoms with Crippen molar-refractivity contribution < 1.29 is 24.9 Å². The lowest BCUT2D eigenvalue weighted by molar-refractivity contribution is 0.0997. The van der Waals surface area contributed by atoms with Crippen LogP contribution in [0.1, 0.15) is 44.3 Å². The van der Waals surface area contributed by atoms with Crippen molar-refractivity contribution in [1.29, 1.82) is 0 Å². The van der Waals surface area contributed by atoms with Gasteiger partial charge in [0, 0.05) is 17.7 Å². The molecule has 1 atom stereocenters. The van der Waals surface area contributed by atoms with Crippen molar-refractivity contribution in [3.05, 3.63) is 100 Å². The van der Waals surface area contributed by atoms with E-state index in [9.17, 15) is 20.1 Å². The monoisotopic (exact) mass is 450 g/mol. The van der Waals surface area contributed by atoms with Gasteiger partial charge in [0.25, 0.3) is 0 Å². The molecule has 3 rings (SSSR count). The van der Waals surface area contributed by atoms with Gasteiger partial charge in [-0.3, -0.25) is 4.79 Å². The first-order chi connectivity index (χ1) is 16.0. The van der Waals surface area contributed by atoms with Gasteiger partial charge in [-0.05, 0) is 59.5 Å². The second-order valence-corrected chi connectivity index (χ2v) is 7.89. The standard InChI is InChI=1S/C26H30N2O5/c27-26(32)22-6-2-5-20(12-22)17-33-16-19-4-1-3-18(11-19)9-10-28-14-25(31)21-7-8-24(30)23(13-21)15-29/h1-8,11-13,25,28-31H,9-10,14-17H2,(H2,27,32)/t25-/m0/s1. The van der Waals surface area contributed by atoms with Crippen LogP contribution >= 0.6 is 0 Å². The fourth-order valence-electron chi connectivity index (χ4n) is 3.50. The maximum absolute atomic E-state index is 11.3. The molecule has 0 aliphatic heterocycles. The summed E-state index contributed by atoms with van der Waals surface area (Å²) >= 11 is 0. The fraction of sp³-hybridized carbons (Fsp3) is 0.269. The van der Waals surface area contributed by atoms with Crippen molar-refractivity contribution in [2.45, 2.75) is 32.3 Å². The summed E-state index contributed by atoms with van der Waals surface area (Å²) < 4.78 is 5.79. The molecular formula is C26H30N2O5. The summed E-state index contributed by atoms with van der Waals surface area (Å²) in [6, 6.07) is 20.0. The number of phenols is 1. The molecule has 0 aromatic heterocycles. The van der Waals surface area contributed by atoms with Crippen LogP contribution in [-0.4, -0.2) is 34.3 Å². The molecule has 0 aliphatic carbocycles. The van der Waals surface area contributed by atoms with Crippen LogP contribution in [0, 0.1) is 0 Å². The molecule has 7 heteroatoms. The van der Waals surface area contributed by atoms with Gasteiger partial charge in [-0.15, -0.1) is 0 Å². The van der Waals surface area contributed by atoms with Gasteiger partial charge in [-0.1, -0.05) is 42.5 Å². The van der Waals surface area contributed by atoms with Crippen molar-refractivity contribution >= 4 is 5.91 Å². The van der Waals surface area contributed by atoms with E-state index >= 15 is 0 Å². The summed E-state index contributed by atoms with van der Waals surface area (Å²) in [7, 11) is 0. The number of nitrogens with one attached hydrogen (secondary N) is 1. The molecule has 3 aromatic rings. The van der Waals surface area contributed by atoms with E-state index in [1.165, 1.54) is 6.07 Å². The molecule has 0 saturated carbocycles. The van der Waals surface area contributed by atoms with Crippen molar-refractivity contribution in [2.24, 2.45) is 5.73 Å². The van der Waals surface area contributed by atoms with Crippen LogP contribution < -0.4 is 11.1 Å². The van der Waals surface area contributed by atoms with Crippen LogP contribution in [0.3, 0.4) is 0 Å². The zero-order valence-electron chi connectivity index (χ0n) is 18.4. The lowest BCUT2D eigenvalue weighted by Gasteiger charge is -2.14. The van der Waals surface area contributed by atoms with Gasteiger partial charge in [-0.25, -0.2) is 0 Å². The smallest absolute Gasteiger partial charge is 0.248 e. The highest BCUT2D eigenvalue weighted by Crippen LogP contribution is 2.22. The molecule has 7 nitrogen and oxygen atoms in total. The van der Waals surface area contributed by atoms with Crippen LogP contribution in [0.2, 0.25) is 0 Å². The minimum atomic E-state index is -0.733. The van der Waals surface area contributed by atoms with Crippen molar-refractivity contribution in [2.75, 3.05) is 13.1 Å². The molecule has 1 amide bonds. The minimum absolute atomic E-state index is 0.0180. The fourth-order valence-corrected chi connectivity index (χ4v) is 3.50. The number of hydrogen-bond acceptors (Lipinski definition) is 6. The quantitative estimate of drug-likeness (QED) is 0.270. The van der Waals surface area contributed by atoms with Crippen LogP contribution in [0.15, 0.2) is 66.7 Å². The molecule has 0 radical (unpaired) electrons. The van der Waals surface area contributed by atoms with E-state index in [2.05, 4.69) is 11.4 Å². The third-order valence-corrected chi connectivity index (χ3v) is 5.33. The Morgan fingerprint density at radius 2 is 1.67 bits per heavy atom. The normalized spacial score (nSPS) is 11.9. The Morgan fingerprint density at radius 1 is 0.970 bits per heavy atom. The Morgan fingerprint density at radius 3 is 2.39 bits per heavy atom. The topological polar surface area (TPSA) is 125 Å². The second-order valence-electron chi connectivity index (χ2n) is 7.89. The molecular weight excluding hydrogens is 420 g/mol. The van der Waals surface area contributed by atoms with Gasteiger partial charge >= 0.3 is 0 Å². The van der Waals surface area contributed by atoms with Crippen LogP contribution in [-0.2, 0) is 31.0 Å². The highest BCUT2D eigenvalue weighted by atomic mass is 16.5. The third-order valence-electron chi connectivity index (χ3n) is 5.33. The highest BCUT2D eigenvalue weighted by molar-refractivity contribution is 5.92. The summed E-state index contributed by atoms with van der Waals surface area (Å²) in [4.78, 5) is 11.3. The first-order valence-electron chi connectivity index (χ1n) is 10.8. The molecule has 0 bridgehead atoms. The van der Waals surface area contributed by atoms with Crippen molar-refractivity contribution in [1.82, 2.24) is 5.32 Å². The third kappa shape index (κ3) is 7.40. The largest absolute Gasteiger partial charge is 0.508 e. The van der Waals surface area contributed by atoms with Crippen molar-refractivity contribution in [3.63, 3.8) is 0 Å². The Bertz CT molecular complexity index is 1070. The lowest BCUT2D eigenvalue weighted by Crippen LogP contribution is -2.23. The maximum Gasteiger partial charge on any atom is 0.248 e. The SMILES string of the molecule is NC(=O)c1cccc(COCc2cccc(CCNC[C@H](O)c3ccc(O)c(CO)c3)c2)c1. The number of amides is 1. The number of nitrogens with two attached hydrogens (primary N) is 1. The average molecular weight is 451 g/mol. The van der Waals surface area contributed by atoms with Crippen molar-refractivity contribution in [3.8, 4) is 5.75 Å². The molecule has 33 heavy (non-hydrogen) atoms. The summed E-state index contributed by atoms with van der Waals surface area (Å²) in [5.74, 6) is -0.437. The van der Waals surface area contributed by atoms with Crippen LogP contribution in [0.25, 0.3) is 0 Å². The number of primary amides is 1. The Hall–Kier alpha value is -3.23. The van der Waals surface area contributed by atoms with E-state index in [1.807, 2.05) is 24.3 Å². The first kappa shape index (κ1) is 24.4. The summed E-state index contributed by atoms with van der Waals surface area (Å²) in [5.41, 5.74) is 9.92. The number of carbonyl (C=O) groups is 1. The Labute approximate surface area is 193 Å². The van der Waals surface area contributed by atoms with Crippen LogP contribution in [0.4, 0.5) is 0 Å². The lowest BCUT2D eigenvalue weighted by atomic mass is 10.0. The minimum Gasteiger partial charge on any atom is -0.508 e. The number of benzene rings is 3. The number of aliphatic hydroxyl groups is 2.